The third kappa shape index (κ3) is 6.32. The van der Waals surface area contributed by atoms with E-state index >= 15 is 0 Å². The summed E-state index contributed by atoms with van der Waals surface area (Å²) >= 11 is 0. The molecule has 0 N–H and O–H groups in total. The van der Waals surface area contributed by atoms with Gasteiger partial charge in [0.25, 0.3) is 0 Å². The van der Waals surface area contributed by atoms with Crippen LogP contribution in [0.1, 0.15) is 40.5 Å². The van der Waals surface area contributed by atoms with Gasteiger partial charge < -0.3 is 0 Å². The summed E-state index contributed by atoms with van der Waals surface area (Å²) in [7, 11) is 0. The lowest BCUT2D eigenvalue weighted by Gasteiger charge is -2.08. The van der Waals surface area contributed by atoms with Crippen molar-refractivity contribution in [1.29, 1.82) is 0 Å². The first-order chi connectivity index (χ1) is 6.07. The third-order valence-electron chi connectivity index (χ3n) is 2.04. The number of Topliss-reactive ketones (excluding diaryl/α,β-unsaturated/α-hetero) is 1. The molecule has 1 unspecified atom stereocenters. The SMILES string of the molecule is C/C=C/CC(CC=C(C)C)C(C)=O. The first-order valence-electron chi connectivity index (χ1n) is 4.83. The van der Waals surface area contributed by atoms with E-state index in [-0.39, 0.29) is 11.7 Å². The minimum absolute atomic E-state index is 0.172. The minimum Gasteiger partial charge on any atom is -0.300 e. The third-order valence-corrected chi connectivity index (χ3v) is 2.04. The normalized spacial score (nSPS) is 12.9. The molecule has 0 aliphatic heterocycles. The summed E-state index contributed by atoms with van der Waals surface area (Å²) in [5.41, 5.74) is 1.28. The fourth-order valence-electron chi connectivity index (χ4n) is 1.11. The molecule has 0 fully saturated rings. The number of rotatable bonds is 5. The average Bonchev–Trinajstić information content (AvgIpc) is 2.03. The molecule has 1 nitrogen and oxygen atoms in total. The van der Waals surface area contributed by atoms with E-state index in [2.05, 4.69) is 26.0 Å². The summed E-state index contributed by atoms with van der Waals surface area (Å²) in [6.07, 6.45) is 7.94. The van der Waals surface area contributed by atoms with Crippen LogP contribution in [0.15, 0.2) is 23.8 Å². The van der Waals surface area contributed by atoms with Crippen LogP contribution in [-0.4, -0.2) is 5.78 Å². The molecule has 0 bridgehead atoms. The second-order valence-electron chi connectivity index (χ2n) is 3.63. The van der Waals surface area contributed by atoms with Crippen molar-refractivity contribution in [1.82, 2.24) is 0 Å². The molecule has 0 rings (SSSR count). The van der Waals surface area contributed by atoms with Crippen molar-refractivity contribution in [3.63, 3.8) is 0 Å². The summed E-state index contributed by atoms with van der Waals surface area (Å²) < 4.78 is 0. The maximum absolute atomic E-state index is 11.2. The number of hydrogen-bond acceptors (Lipinski definition) is 1. The molecule has 0 radical (unpaired) electrons. The molecule has 1 atom stereocenters. The average molecular weight is 180 g/mol. The molecule has 0 amide bonds. The van der Waals surface area contributed by atoms with Gasteiger partial charge in [0.1, 0.15) is 5.78 Å². The highest BCUT2D eigenvalue weighted by Gasteiger charge is 2.09. The zero-order chi connectivity index (χ0) is 10.3. The van der Waals surface area contributed by atoms with E-state index < -0.39 is 0 Å². The fourth-order valence-corrected chi connectivity index (χ4v) is 1.11. The van der Waals surface area contributed by atoms with Crippen LogP contribution in [0.4, 0.5) is 0 Å². The smallest absolute Gasteiger partial charge is 0.133 e. The van der Waals surface area contributed by atoms with Crippen molar-refractivity contribution < 1.29 is 4.79 Å². The van der Waals surface area contributed by atoms with E-state index in [1.807, 2.05) is 13.0 Å². The topological polar surface area (TPSA) is 17.1 Å². The Bertz CT molecular complexity index is 207. The quantitative estimate of drug-likeness (QED) is 0.592. The van der Waals surface area contributed by atoms with Crippen LogP contribution < -0.4 is 0 Å². The Morgan fingerprint density at radius 3 is 2.23 bits per heavy atom. The standard InChI is InChI=1S/C12H20O/c1-5-6-7-12(11(4)13)9-8-10(2)3/h5-6,8,12H,7,9H2,1-4H3/b6-5+. The first-order valence-corrected chi connectivity index (χ1v) is 4.83. The zero-order valence-corrected chi connectivity index (χ0v) is 9.13. The van der Waals surface area contributed by atoms with Gasteiger partial charge in [-0.2, -0.15) is 0 Å². The van der Waals surface area contributed by atoms with Crippen LogP contribution in [0.5, 0.6) is 0 Å². The molecular formula is C12H20O. The largest absolute Gasteiger partial charge is 0.300 e. The molecule has 0 spiro atoms. The van der Waals surface area contributed by atoms with Crippen molar-refractivity contribution in [3.8, 4) is 0 Å². The maximum Gasteiger partial charge on any atom is 0.133 e. The number of ketones is 1. The molecule has 0 saturated heterocycles. The highest BCUT2D eigenvalue weighted by molar-refractivity contribution is 5.78. The van der Waals surface area contributed by atoms with Crippen LogP contribution in [0.25, 0.3) is 0 Å². The van der Waals surface area contributed by atoms with E-state index in [1.54, 1.807) is 6.92 Å². The van der Waals surface area contributed by atoms with Crippen LogP contribution >= 0.6 is 0 Å². The second-order valence-corrected chi connectivity index (χ2v) is 3.63. The molecule has 1 heteroatoms. The summed E-state index contributed by atoms with van der Waals surface area (Å²) in [4.78, 5) is 11.2. The zero-order valence-electron chi connectivity index (χ0n) is 9.13. The van der Waals surface area contributed by atoms with Gasteiger partial charge in [0.2, 0.25) is 0 Å². The molecule has 74 valence electrons. The molecule has 0 aliphatic carbocycles. The first kappa shape index (κ1) is 12.2. The van der Waals surface area contributed by atoms with E-state index in [0.717, 1.165) is 12.8 Å². The van der Waals surface area contributed by atoms with Gasteiger partial charge in [0.05, 0.1) is 0 Å². The van der Waals surface area contributed by atoms with Crippen LogP contribution in [0.3, 0.4) is 0 Å². The Hall–Kier alpha value is -0.850. The second kappa shape index (κ2) is 6.64. The van der Waals surface area contributed by atoms with Gasteiger partial charge in [0.15, 0.2) is 0 Å². The number of hydrogen-bond donors (Lipinski definition) is 0. The Morgan fingerprint density at radius 2 is 1.85 bits per heavy atom. The highest BCUT2D eigenvalue weighted by Crippen LogP contribution is 2.12. The van der Waals surface area contributed by atoms with E-state index in [4.69, 9.17) is 0 Å². The van der Waals surface area contributed by atoms with Crippen LogP contribution in [0.2, 0.25) is 0 Å². The van der Waals surface area contributed by atoms with Gasteiger partial charge in [-0.25, -0.2) is 0 Å². The summed E-state index contributed by atoms with van der Waals surface area (Å²) in [5.74, 6) is 0.460. The van der Waals surface area contributed by atoms with E-state index in [9.17, 15) is 4.79 Å². The predicted molar refractivity (Wildman–Crippen MR) is 57.7 cm³/mol. The molecule has 0 aromatic rings. The van der Waals surface area contributed by atoms with Gasteiger partial charge in [-0.3, -0.25) is 4.79 Å². The summed E-state index contributed by atoms with van der Waals surface area (Å²) in [5, 5.41) is 0. The molecule has 0 saturated carbocycles. The molecule has 0 aromatic carbocycles. The number of carbonyl (C=O) groups is 1. The maximum atomic E-state index is 11.2. The molecule has 13 heavy (non-hydrogen) atoms. The molecule has 0 aromatic heterocycles. The Kier molecular flexibility index (Phi) is 6.21. The monoisotopic (exact) mass is 180 g/mol. The highest BCUT2D eigenvalue weighted by atomic mass is 16.1. The van der Waals surface area contributed by atoms with Crippen molar-refractivity contribution in [2.24, 2.45) is 5.92 Å². The molecular weight excluding hydrogens is 160 g/mol. The van der Waals surface area contributed by atoms with Gasteiger partial charge in [-0.1, -0.05) is 23.8 Å². The van der Waals surface area contributed by atoms with Crippen LogP contribution in [0, 0.1) is 5.92 Å². The van der Waals surface area contributed by atoms with Crippen LogP contribution in [-0.2, 0) is 4.79 Å². The van der Waals surface area contributed by atoms with Crippen molar-refractivity contribution in [2.75, 3.05) is 0 Å². The Morgan fingerprint density at radius 1 is 1.23 bits per heavy atom. The lowest BCUT2D eigenvalue weighted by atomic mass is 9.96. The minimum atomic E-state index is 0.172. The number of allylic oxidation sites excluding steroid dienone is 4. The lowest BCUT2D eigenvalue weighted by molar-refractivity contribution is -0.120. The van der Waals surface area contributed by atoms with Gasteiger partial charge in [-0.15, -0.1) is 0 Å². The van der Waals surface area contributed by atoms with Crippen molar-refractivity contribution in [2.45, 2.75) is 40.5 Å². The summed E-state index contributed by atoms with van der Waals surface area (Å²) in [6.45, 7) is 7.78. The van der Waals surface area contributed by atoms with Gasteiger partial charge in [0, 0.05) is 5.92 Å². The lowest BCUT2D eigenvalue weighted by Crippen LogP contribution is -2.08. The van der Waals surface area contributed by atoms with Crippen molar-refractivity contribution >= 4 is 5.78 Å². The van der Waals surface area contributed by atoms with E-state index in [0.29, 0.717) is 0 Å². The van der Waals surface area contributed by atoms with Gasteiger partial charge in [-0.05, 0) is 40.5 Å². The number of carbonyl (C=O) groups excluding carboxylic acids is 1. The van der Waals surface area contributed by atoms with Gasteiger partial charge >= 0.3 is 0 Å². The predicted octanol–water partition coefficient (Wildman–Crippen LogP) is 3.51. The fraction of sp³-hybridized carbons (Fsp3) is 0.583. The molecule has 0 heterocycles. The Labute approximate surface area is 81.5 Å². The van der Waals surface area contributed by atoms with Crippen molar-refractivity contribution in [3.05, 3.63) is 23.8 Å². The molecule has 0 aliphatic rings. The van der Waals surface area contributed by atoms with E-state index in [1.165, 1.54) is 5.57 Å². The summed E-state index contributed by atoms with van der Waals surface area (Å²) in [6, 6.07) is 0. The Balaban J connectivity index is 4.10.